The minimum absolute atomic E-state index is 0.0812. The Morgan fingerprint density at radius 2 is 1.91 bits per heavy atom. The zero-order chi connectivity index (χ0) is 16.1. The minimum Gasteiger partial charge on any atom is -0.356 e. The first-order valence-electron chi connectivity index (χ1n) is 7.57. The molecule has 1 aromatic rings. The Labute approximate surface area is 130 Å². The number of rotatable bonds is 6. The van der Waals surface area contributed by atoms with Crippen LogP contribution in [0.15, 0.2) is 23.2 Å². The van der Waals surface area contributed by atoms with Crippen molar-refractivity contribution in [1.82, 2.24) is 15.5 Å². The summed E-state index contributed by atoms with van der Waals surface area (Å²) in [6.45, 7) is 1.26. The first-order chi connectivity index (χ1) is 10.5. The van der Waals surface area contributed by atoms with E-state index >= 15 is 0 Å². The van der Waals surface area contributed by atoms with E-state index in [1.165, 1.54) is 31.0 Å². The van der Waals surface area contributed by atoms with Gasteiger partial charge in [-0.05, 0) is 45.0 Å². The second-order valence-corrected chi connectivity index (χ2v) is 5.89. The Hall–Kier alpha value is -1.69. The number of benzene rings is 1. The third-order valence-corrected chi connectivity index (χ3v) is 3.90. The predicted molar refractivity (Wildman–Crippen MR) is 84.9 cm³/mol. The van der Waals surface area contributed by atoms with Gasteiger partial charge in [0.1, 0.15) is 11.6 Å². The predicted octanol–water partition coefficient (Wildman–Crippen LogP) is 2.14. The molecule has 122 valence electrons. The van der Waals surface area contributed by atoms with Gasteiger partial charge in [0, 0.05) is 25.7 Å². The zero-order valence-corrected chi connectivity index (χ0v) is 13.4. The summed E-state index contributed by atoms with van der Waals surface area (Å²) in [5.74, 6) is 0.338. The van der Waals surface area contributed by atoms with Crippen LogP contribution in [0.5, 0.6) is 0 Å². The lowest BCUT2D eigenvalue weighted by atomic mass is 10.0. The maximum atomic E-state index is 14.0. The molecular weight excluding hydrogens is 286 g/mol. The van der Waals surface area contributed by atoms with Gasteiger partial charge in [-0.25, -0.2) is 8.78 Å². The Kier molecular flexibility index (Phi) is 5.71. The second-order valence-electron chi connectivity index (χ2n) is 5.89. The van der Waals surface area contributed by atoms with E-state index in [0.717, 1.165) is 12.5 Å². The summed E-state index contributed by atoms with van der Waals surface area (Å²) >= 11 is 0. The summed E-state index contributed by atoms with van der Waals surface area (Å²) in [5, 5.41) is 6.39. The lowest BCUT2D eigenvalue weighted by Crippen LogP contribution is -2.42. The number of halogens is 2. The van der Waals surface area contributed by atoms with Crippen LogP contribution in [0.3, 0.4) is 0 Å². The molecule has 0 radical (unpaired) electrons. The molecule has 1 aliphatic rings. The molecule has 0 bridgehead atoms. The molecule has 0 amide bonds. The molecule has 2 rings (SSSR count). The van der Waals surface area contributed by atoms with Crippen molar-refractivity contribution in [1.29, 1.82) is 0 Å². The molecule has 1 unspecified atom stereocenters. The Morgan fingerprint density at radius 1 is 1.27 bits per heavy atom. The molecule has 1 atom stereocenters. The highest BCUT2D eigenvalue weighted by Gasteiger charge is 2.23. The molecule has 0 saturated heterocycles. The molecule has 4 nitrogen and oxygen atoms in total. The quantitative estimate of drug-likeness (QED) is 0.625. The first kappa shape index (κ1) is 16.7. The normalized spacial score (nSPS) is 16.7. The summed E-state index contributed by atoms with van der Waals surface area (Å²) in [7, 11) is 5.30. The van der Waals surface area contributed by atoms with Crippen molar-refractivity contribution in [3.8, 4) is 0 Å². The molecule has 0 aliphatic heterocycles. The van der Waals surface area contributed by atoms with Gasteiger partial charge in [-0.15, -0.1) is 0 Å². The molecule has 0 heterocycles. The lowest BCUT2D eigenvalue weighted by Gasteiger charge is -2.26. The van der Waals surface area contributed by atoms with E-state index in [4.69, 9.17) is 0 Å². The van der Waals surface area contributed by atoms with Crippen molar-refractivity contribution in [3.05, 3.63) is 35.4 Å². The van der Waals surface area contributed by atoms with Gasteiger partial charge in [0.15, 0.2) is 5.96 Å². The van der Waals surface area contributed by atoms with Crippen LogP contribution in [0.25, 0.3) is 0 Å². The molecule has 1 fully saturated rings. The molecule has 2 N–H and O–H groups in total. The maximum absolute atomic E-state index is 14.0. The number of nitrogens with one attached hydrogen (secondary N) is 2. The summed E-state index contributed by atoms with van der Waals surface area (Å²) in [6, 6.07) is 3.54. The van der Waals surface area contributed by atoms with Crippen LogP contribution < -0.4 is 10.6 Å². The molecule has 6 heteroatoms. The highest BCUT2D eigenvalue weighted by Crippen LogP contribution is 2.27. The maximum Gasteiger partial charge on any atom is 0.191 e. The molecule has 0 spiro atoms. The lowest BCUT2D eigenvalue weighted by molar-refractivity contribution is 0.282. The van der Waals surface area contributed by atoms with Gasteiger partial charge in [0.25, 0.3) is 0 Å². The Bertz CT molecular complexity index is 507. The van der Waals surface area contributed by atoms with E-state index < -0.39 is 17.7 Å². The fourth-order valence-electron chi connectivity index (χ4n) is 2.35. The third-order valence-electron chi connectivity index (χ3n) is 3.90. The summed E-state index contributed by atoms with van der Waals surface area (Å²) in [5.41, 5.74) is 0.0812. The third kappa shape index (κ3) is 4.40. The van der Waals surface area contributed by atoms with E-state index in [-0.39, 0.29) is 5.56 Å². The number of nitrogens with zero attached hydrogens (tertiary/aromatic N) is 2. The summed E-state index contributed by atoms with van der Waals surface area (Å²) in [4.78, 5) is 5.94. The van der Waals surface area contributed by atoms with Crippen LogP contribution in [0, 0.1) is 17.6 Å². The fourth-order valence-corrected chi connectivity index (χ4v) is 2.35. The molecule has 1 aromatic carbocycles. The number of hydrogen-bond donors (Lipinski definition) is 2. The molecule has 1 saturated carbocycles. The van der Waals surface area contributed by atoms with Gasteiger partial charge in [-0.3, -0.25) is 4.99 Å². The van der Waals surface area contributed by atoms with Gasteiger partial charge >= 0.3 is 0 Å². The van der Waals surface area contributed by atoms with Crippen molar-refractivity contribution >= 4 is 5.96 Å². The average Bonchev–Trinajstić information content (AvgIpc) is 3.28. The van der Waals surface area contributed by atoms with E-state index in [2.05, 4.69) is 15.6 Å². The van der Waals surface area contributed by atoms with Crippen molar-refractivity contribution in [3.63, 3.8) is 0 Å². The Balaban J connectivity index is 2.02. The highest BCUT2D eigenvalue weighted by molar-refractivity contribution is 5.79. The van der Waals surface area contributed by atoms with Crippen LogP contribution in [0.2, 0.25) is 0 Å². The fraction of sp³-hybridized carbons (Fsp3) is 0.562. The SMILES string of the molecule is CN=C(NCC1CC1)NCC(c1c(F)cccc1F)N(C)C. The van der Waals surface area contributed by atoms with Crippen LogP contribution in [0.4, 0.5) is 8.78 Å². The largest absolute Gasteiger partial charge is 0.356 e. The second kappa shape index (κ2) is 7.54. The van der Waals surface area contributed by atoms with E-state index in [0.29, 0.717) is 12.5 Å². The smallest absolute Gasteiger partial charge is 0.191 e. The van der Waals surface area contributed by atoms with Gasteiger partial charge in [0.2, 0.25) is 0 Å². The van der Waals surface area contributed by atoms with Gasteiger partial charge in [0.05, 0.1) is 6.04 Å². The number of guanidine groups is 1. The molecular formula is C16H24F2N4. The Morgan fingerprint density at radius 3 is 2.41 bits per heavy atom. The highest BCUT2D eigenvalue weighted by atomic mass is 19.1. The minimum atomic E-state index is -0.526. The zero-order valence-electron chi connectivity index (χ0n) is 13.4. The molecule has 1 aliphatic carbocycles. The van der Waals surface area contributed by atoms with Crippen molar-refractivity contribution < 1.29 is 8.78 Å². The van der Waals surface area contributed by atoms with Crippen molar-refractivity contribution in [2.45, 2.75) is 18.9 Å². The standard InChI is InChI=1S/C16H24F2N4/c1-19-16(20-9-11-7-8-11)21-10-14(22(2)3)15-12(17)5-4-6-13(15)18/h4-6,11,14H,7-10H2,1-3H3,(H2,19,20,21). The van der Waals surface area contributed by atoms with E-state index in [1.54, 1.807) is 26.0 Å². The first-order valence-corrected chi connectivity index (χ1v) is 7.57. The molecule has 22 heavy (non-hydrogen) atoms. The van der Waals surface area contributed by atoms with Crippen molar-refractivity contribution in [2.75, 3.05) is 34.2 Å². The van der Waals surface area contributed by atoms with Crippen molar-refractivity contribution in [2.24, 2.45) is 10.9 Å². The monoisotopic (exact) mass is 310 g/mol. The summed E-state index contributed by atoms with van der Waals surface area (Å²) < 4.78 is 28.0. The molecule has 0 aromatic heterocycles. The van der Waals surface area contributed by atoms with Crippen LogP contribution in [-0.2, 0) is 0 Å². The van der Waals surface area contributed by atoms with E-state index in [9.17, 15) is 8.78 Å². The number of hydrogen-bond acceptors (Lipinski definition) is 2. The van der Waals surface area contributed by atoms with Gasteiger partial charge in [-0.2, -0.15) is 0 Å². The van der Waals surface area contributed by atoms with Gasteiger partial charge in [-0.1, -0.05) is 6.07 Å². The van der Waals surface area contributed by atoms with E-state index in [1.807, 2.05) is 0 Å². The van der Waals surface area contributed by atoms with Gasteiger partial charge < -0.3 is 15.5 Å². The summed E-state index contributed by atoms with van der Waals surface area (Å²) in [6.07, 6.45) is 2.51. The number of aliphatic imine (C=N–C) groups is 1. The van der Waals surface area contributed by atoms with Crippen LogP contribution in [-0.4, -0.2) is 45.1 Å². The average molecular weight is 310 g/mol. The topological polar surface area (TPSA) is 39.7 Å². The number of likely N-dealkylation sites (N-methyl/N-ethyl adjacent to an activating group) is 1. The van der Waals surface area contributed by atoms with Crippen LogP contribution in [0.1, 0.15) is 24.4 Å². The van der Waals surface area contributed by atoms with Crippen LogP contribution >= 0.6 is 0 Å².